The molecule has 3 aromatic rings. The average Bonchev–Trinajstić information content (AvgIpc) is 3.03. The molecule has 3 amide bonds. The van der Waals surface area contributed by atoms with Gasteiger partial charge in [-0.1, -0.05) is 48.9 Å². The van der Waals surface area contributed by atoms with E-state index < -0.39 is 17.6 Å². The van der Waals surface area contributed by atoms with E-state index in [1.54, 1.807) is 24.3 Å². The van der Waals surface area contributed by atoms with Crippen LogP contribution in [0.25, 0.3) is 0 Å². The van der Waals surface area contributed by atoms with E-state index in [4.69, 9.17) is 11.6 Å². The number of rotatable bonds is 6. The van der Waals surface area contributed by atoms with Crippen molar-refractivity contribution in [2.45, 2.75) is 13.3 Å². The second-order valence-corrected chi connectivity index (χ2v) is 7.63. The summed E-state index contributed by atoms with van der Waals surface area (Å²) in [5.74, 6) is -2.59. The number of hydrogen-bond acceptors (Lipinski definition) is 4. The number of carbonyl (C=O) groups is 3. The summed E-state index contributed by atoms with van der Waals surface area (Å²) < 4.78 is 14.1. The summed E-state index contributed by atoms with van der Waals surface area (Å²) in [7, 11) is 0. The van der Waals surface area contributed by atoms with E-state index in [9.17, 15) is 18.8 Å². The normalized spacial score (nSPS) is 13.5. The topological polar surface area (TPSA) is 78.5 Å². The highest BCUT2D eigenvalue weighted by molar-refractivity contribution is 6.53. The van der Waals surface area contributed by atoms with Gasteiger partial charge in [-0.3, -0.25) is 14.4 Å². The molecular formula is C25H19ClFN3O3. The monoisotopic (exact) mass is 463 g/mol. The Bertz CT molecular complexity index is 1290. The molecule has 0 bridgehead atoms. The van der Waals surface area contributed by atoms with E-state index in [1.165, 1.54) is 18.2 Å². The van der Waals surface area contributed by atoms with Crippen LogP contribution >= 0.6 is 11.6 Å². The molecule has 0 spiro atoms. The lowest BCUT2D eigenvalue weighted by Crippen LogP contribution is -2.33. The fraction of sp³-hybridized carbons (Fsp3) is 0.0800. The number of anilines is 3. The number of hydrogen-bond donors (Lipinski definition) is 2. The van der Waals surface area contributed by atoms with Gasteiger partial charge in [0.15, 0.2) is 0 Å². The van der Waals surface area contributed by atoms with Crippen LogP contribution in [0, 0.1) is 5.82 Å². The zero-order valence-corrected chi connectivity index (χ0v) is 18.3. The molecule has 0 radical (unpaired) electrons. The van der Waals surface area contributed by atoms with Crippen LogP contribution in [0.3, 0.4) is 0 Å². The van der Waals surface area contributed by atoms with Crippen molar-refractivity contribution in [3.63, 3.8) is 0 Å². The smallest absolute Gasteiger partial charge is 0.283 e. The number of halogens is 2. The molecule has 0 aromatic heterocycles. The highest BCUT2D eigenvalue weighted by Crippen LogP contribution is 2.31. The first-order chi connectivity index (χ1) is 15.9. The van der Waals surface area contributed by atoms with Gasteiger partial charge in [-0.2, -0.15) is 0 Å². The minimum absolute atomic E-state index is 0.168. The Hall–Kier alpha value is -3.97. The Kier molecular flexibility index (Phi) is 6.24. The van der Waals surface area contributed by atoms with Crippen molar-refractivity contribution in [2.24, 2.45) is 0 Å². The van der Waals surface area contributed by atoms with Crippen LogP contribution in [0.1, 0.15) is 22.8 Å². The maximum Gasteiger partial charge on any atom is 0.283 e. The van der Waals surface area contributed by atoms with Crippen LogP contribution < -0.4 is 15.5 Å². The number of para-hydroxylation sites is 2. The lowest BCUT2D eigenvalue weighted by molar-refractivity contribution is -0.120. The fourth-order valence-corrected chi connectivity index (χ4v) is 3.67. The molecule has 166 valence electrons. The number of nitrogens with one attached hydrogen (secondary N) is 2. The molecule has 4 rings (SSSR count). The quantitative estimate of drug-likeness (QED) is 0.500. The van der Waals surface area contributed by atoms with Gasteiger partial charge in [0.1, 0.15) is 16.5 Å². The summed E-state index contributed by atoms with van der Waals surface area (Å²) in [6.07, 6.45) is 0.784. The summed E-state index contributed by atoms with van der Waals surface area (Å²) in [5, 5.41) is 5.35. The number of amides is 3. The van der Waals surface area contributed by atoms with Crippen LogP contribution in [0.5, 0.6) is 0 Å². The molecule has 0 saturated carbocycles. The SMILES string of the molecule is CCc1ccccc1NC(=O)c1ccc(NC2=C(Cl)C(=O)N(c3ccccc3F)C2=O)cc1. The number of aryl methyl sites for hydroxylation is 1. The maximum absolute atomic E-state index is 14.1. The third-order valence-corrected chi connectivity index (χ3v) is 5.53. The summed E-state index contributed by atoms with van der Waals surface area (Å²) in [6, 6.07) is 19.3. The Balaban J connectivity index is 1.50. The van der Waals surface area contributed by atoms with Crippen molar-refractivity contribution in [2.75, 3.05) is 15.5 Å². The zero-order chi connectivity index (χ0) is 23.5. The summed E-state index contributed by atoms with van der Waals surface area (Å²) >= 11 is 6.09. The first-order valence-electron chi connectivity index (χ1n) is 10.2. The van der Waals surface area contributed by atoms with Gasteiger partial charge >= 0.3 is 0 Å². The van der Waals surface area contributed by atoms with Gasteiger partial charge < -0.3 is 10.6 Å². The lowest BCUT2D eigenvalue weighted by atomic mass is 10.1. The number of carbonyl (C=O) groups excluding carboxylic acids is 3. The predicted molar refractivity (Wildman–Crippen MR) is 126 cm³/mol. The number of benzene rings is 3. The van der Waals surface area contributed by atoms with E-state index in [0.29, 0.717) is 16.2 Å². The van der Waals surface area contributed by atoms with Crippen LogP contribution in [0.2, 0.25) is 0 Å². The van der Waals surface area contributed by atoms with Gasteiger partial charge in [0, 0.05) is 16.9 Å². The van der Waals surface area contributed by atoms with Crippen molar-refractivity contribution in [1.29, 1.82) is 0 Å². The van der Waals surface area contributed by atoms with Gasteiger partial charge in [0.25, 0.3) is 17.7 Å². The van der Waals surface area contributed by atoms with Gasteiger partial charge in [-0.25, -0.2) is 9.29 Å². The molecular weight excluding hydrogens is 445 g/mol. The van der Waals surface area contributed by atoms with Crippen molar-refractivity contribution in [3.8, 4) is 0 Å². The lowest BCUT2D eigenvalue weighted by Gasteiger charge is -2.15. The molecule has 0 unspecified atom stereocenters. The Labute approximate surface area is 194 Å². The number of imide groups is 1. The Morgan fingerprint density at radius 2 is 1.61 bits per heavy atom. The van der Waals surface area contributed by atoms with Crippen LogP contribution in [-0.2, 0) is 16.0 Å². The number of nitrogens with zero attached hydrogens (tertiary/aromatic N) is 1. The zero-order valence-electron chi connectivity index (χ0n) is 17.6. The second kappa shape index (κ2) is 9.26. The van der Waals surface area contributed by atoms with E-state index in [-0.39, 0.29) is 22.3 Å². The fourth-order valence-electron chi connectivity index (χ4n) is 3.46. The van der Waals surface area contributed by atoms with Gasteiger partial charge in [0.05, 0.1) is 5.69 Å². The average molecular weight is 464 g/mol. The third-order valence-electron chi connectivity index (χ3n) is 5.18. The molecule has 0 fully saturated rings. The van der Waals surface area contributed by atoms with Crippen molar-refractivity contribution < 1.29 is 18.8 Å². The highest BCUT2D eigenvalue weighted by atomic mass is 35.5. The highest BCUT2D eigenvalue weighted by Gasteiger charge is 2.40. The van der Waals surface area contributed by atoms with Gasteiger partial charge in [0.2, 0.25) is 0 Å². The predicted octanol–water partition coefficient (Wildman–Crippen LogP) is 5.08. The first-order valence-corrected chi connectivity index (χ1v) is 10.6. The summed E-state index contributed by atoms with van der Waals surface area (Å²) in [4.78, 5) is 38.6. The van der Waals surface area contributed by atoms with E-state index in [1.807, 2.05) is 31.2 Å². The molecule has 33 heavy (non-hydrogen) atoms. The molecule has 3 aromatic carbocycles. The van der Waals surface area contributed by atoms with Crippen LogP contribution in [-0.4, -0.2) is 17.7 Å². The third kappa shape index (κ3) is 4.36. The van der Waals surface area contributed by atoms with Crippen LogP contribution in [0.4, 0.5) is 21.5 Å². The van der Waals surface area contributed by atoms with Crippen molar-refractivity contribution >= 4 is 46.4 Å². The van der Waals surface area contributed by atoms with E-state index >= 15 is 0 Å². The summed E-state index contributed by atoms with van der Waals surface area (Å²) in [6.45, 7) is 2.01. The van der Waals surface area contributed by atoms with Gasteiger partial charge in [-0.15, -0.1) is 0 Å². The summed E-state index contributed by atoms with van der Waals surface area (Å²) in [5.41, 5.74) is 2.27. The van der Waals surface area contributed by atoms with Crippen molar-refractivity contribution in [3.05, 3.63) is 100 Å². The molecule has 2 N–H and O–H groups in total. The maximum atomic E-state index is 14.1. The molecule has 8 heteroatoms. The molecule has 0 saturated heterocycles. The van der Waals surface area contributed by atoms with E-state index in [2.05, 4.69) is 10.6 Å². The Morgan fingerprint density at radius 3 is 2.30 bits per heavy atom. The molecule has 0 aliphatic carbocycles. The molecule has 1 aliphatic rings. The molecule has 1 aliphatic heterocycles. The van der Waals surface area contributed by atoms with E-state index in [0.717, 1.165) is 23.7 Å². The minimum atomic E-state index is -0.820. The van der Waals surface area contributed by atoms with Crippen LogP contribution in [0.15, 0.2) is 83.5 Å². The standard InChI is InChI=1S/C25H19ClFN3O3/c1-2-15-7-3-5-9-19(15)29-23(31)16-11-13-17(14-12-16)28-22-21(26)24(32)30(25(22)33)20-10-6-4-8-18(20)27/h3-14,28H,2H2,1H3,(H,29,31). The molecule has 6 nitrogen and oxygen atoms in total. The first kappa shape index (κ1) is 22.2. The van der Waals surface area contributed by atoms with Crippen molar-refractivity contribution in [1.82, 2.24) is 0 Å². The minimum Gasteiger partial charge on any atom is -0.350 e. The van der Waals surface area contributed by atoms with Gasteiger partial charge in [-0.05, 0) is 54.4 Å². The Morgan fingerprint density at radius 1 is 0.939 bits per heavy atom. The second-order valence-electron chi connectivity index (χ2n) is 7.25. The largest absolute Gasteiger partial charge is 0.350 e. The molecule has 1 heterocycles. The molecule has 0 atom stereocenters.